The van der Waals surface area contributed by atoms with E-state index in [1.54, 1.807) is 25.1 Å². The highest BCUT2D eigenvalue weighted by atomic mass is 32.2. The molecule has 0 spiro atoms. The monoisotopic (exact) mass is 301 g/mol. The average molecular weight is 301 g/mol. The lowest BCUT2D eigenvalue weighted by atomic mass is 10.1. The number of nitrogens with zero attached hydrogens (tertiary/aromatic N) is 1. The molecule has 0 aliphatic carbocycles. The van der Waals surface area contributed by atoms with Gasteiger partial charge >= 0.3 is 5.97 Å². The van der Waals surface area contributed by atoms with E-state index in [4.69, 9.17) is 0 Å². The van der Waals surface area contributed by atoms with Crippen molar-refractivity contribution in [3.05, 3.63) is 29.8 Å². The van der Waals surface area contributed by atoms with Crippen LogP contribution < -0.4 is 0 Å². The van der Waals surface area contributed by atoms with Gasteiger partial charge in [0.05, 0.1) is 13.2 Å². The number of phenolic OH excluding ortho intramolecular Hbond substituents is 1. The normalized spacial score (nSPS) is 14.8. The van der Waals surface area contributed by atoms with Crippen molar-refractivity contribution in [2.45, 2.75) is 25.1 Å². The number of benzene rings is 1. The number of esters is 1. The fourth-order valence-electron chi connectivity index (χ4n) is 1.79. The van der Waals surface area contributed by atoms with Crippen molar-refractivity contribution < 1.29 is 23.1 Å². The molecule has 0 fully saturated rings. The fraction of sp³-hybridized carbons (Fsp3) is 0.462. The Bertz CT molecular complexity index is 584. The highest BCUT2D eigenvalue weighted by molar-refractivity contribution is 7.90. The van der Waals surface area contributed by atoms with E-state index in [0.717, 1.165) is 11.4 Å². The minimum Gasteiger partial charge on any atom is -0.508 e. The second-order valence-electron chi connectivity index (χ2n) is 4.46. The third-order valence-electron chi connectivity index (χ3n) is 3.31. The summed E-state index contributed by atoms with van der Waals surface area (Å²) in [5.74, 6) is -0.811. The third kappa shape index (κ3) is 3.10. The van der Waals surface area contributed by atoms with Gasteiger partial charge in [-0.15, -0.1) is 0 Å². The van der Waals surface area contributed by atoms with E-state index in [-0.39, 0.29) is 5.75 Å². The summed E-state index contributed by atoms with van der Waals surface area (Å²) in [6.07, 6.45) is 0. The van der Waals surface area contributed by atoms with Crippen molar-refractivity contribution in [3.63, 3.8) is 0 Å². The van der Waals surface area contributed by atoms with Crippen LogP contribution in [0.15, 0.2) is 24.3 Å². The largest absolute Gasteiger partial charge is 0.508 e. The average Bonchev–Trinajstić information content (AvgIpc) is 2.44. The topological polar surface area (TPSA) is 83.9 Å². The maximum Gasteiger partial charge on any atom is 0.325 e. The molecule has 0 aliphatic heterocycles. The second-order valence-corrected chi connectivity index (χ2v) is 6.77. The molecule has 0 saturated heterocycles. The summed E-state index contributed by atoms with van der Waals surface area (Å²) in [7, 11) is -1.36. The van der Waals surface area contributed by atoms with E-state index in [1.807, 2.05) is 0 Å². The van der Waals surface area contributed by atoms with Gasteiger partial charge in [0.1, 0.15) is 5.75 Å². The van der Waals surface area contributed by atoms with Crippen LogP contribution in [-0.4, -0.2) is 43.2 Å². The summed E-state index contributed by atoms with van der Waals surface area (Å²) in [6.45, 7) is 2.91. The van der Waals surface area contributed by atoms with Gasteiger partial charge in [-0.05, 0) is 19.9 Å². The lowest BCUT2D eigenvalue weighted by molar-refractivity contribution is -0.139. The van der Waals surface area contributed by atoms with Crippen LogP contribution in [0.4, 0.5) is 0 Å². The van der Waals surface area contributed by atoms with Gasteiger partial charge in [-0.25, -0.2) is 8.42 Å². The number of rotatable bonds is 5. The number of ether oxygens (including phenoxy) is 1. The van der Waals surface area contributed by atoms with Gasteiger partial charge in [0.2, 0.25) is 10.0 Å². The Labute approximate surface area is 119 Å². The highest BCUT2D eigenvalue weighted by Gasteiger charge is 2.35. The Morgan fingerprint density at radius 2 is 1.85 bits per heavy atom. The van der Waals surface area contributed by atoms with E-state index < -0.39 is 27.3 Å². The van der Waals surface area contributed by atoms with E-state index in [9.17, 15) is 18.3 Å². The van der Waals surface area contributed by atoms with E-state index in [0.29, 0.717) is 5.56 Å². The first kappa shape index (κ1) is 16.5. The first-order valence-corrected chi connectivity index (χ1v) is 7.56. The number of carbonyl (C=O) groups excluding carboxylic acids is 1. The molecule has 1 rings (SSSR count). The van der Waals surface area contributed by atoms with Gasteiger partial charge in [-0.2, -0.15) is 4.31 Å². The van der Waals surface area contributed by atoms with Crippen molar-refractivity contribution in [2.24, 2.45) is 0 Å². The number of phenols is 1. The smallest absolute Gasteiger partial charge is 0.325 e. The van der Waals surface area contributed by atoms with Gasteiger partial charge in [0, 0.05) is 12.6 Å². The molecular formula is C13H19NO5S. The molecule has 2 unspecified atom stereocenters. The number of hydrogen-bond acceptors (Lipinski definition) is 5. The van der Waals surface area contributed by atoms with E-state index >= 15 is 0 Å². The van der Waals surface area contributed by atoms with Crippen molar-refractivity contribution in [2.75, 3.05) is 14.2 Å². The molecule has 20 heavy (non-hydrogen) atoms. The van der Waals surface area contributed by atoms with Crippen LogP contribution in [0.1, 0.15) is 25.5 Å². The molecule has 0 aromatic heterocycles. The molecule has 0 aliphatic rings. The molecular weight excluding hydrogens is 282 g/mol. The molecule has 6 nitrogen and oxygen atoms in total. The van der Waals surface area contributed by atoms with E-state index in [1.165, 1.54) is 20.0 Å². The first-order chi connectivity index (χ1) is 9.23. The van der Waals surface area contributed by atoms with Crippen molar-refractivity contribution in [1.82, 2.24) is 4.31 Å². The van der Waals surface area contributed by atoms with Crippen LogP contribution in [0, 0.1) is 0 Å². The summed E-state index contributed by atoms with van der Waals surface area (Å²) in [5.41, 5.74) is 0.468. The van der Waals surface area contributed by atoms with Crippen LogP contribution in [0.5, 0.6) is 5.75 Å². The van der Waals surface area contributed by atoms with Crippen LogP contribution in [0.3, 0.4) is 0 Å². The molecule has 0 bridgehead atoms. The molecule has 112 valence electrons. The zero-order chi connectivity index (χ0) is 15.5. The van der Waals surface area contributed by atoms with Gasteiger partial charge in [-0.1, -0.05) is 18.2 Å². The molecule has 1 N–H and O–H groups in total. The third-order valence-corrected chi connectivity index (χ3v) is 5.52. The minimum atomic E-state index is -3.87. The van der Waals surface area contributed by atoms with Crippen molar-refractivity contribution >= 4 is 16.0 Å². The standard InChI is InChI=1S/C13H19NO5S/c1-9(11-7-5-6-8-12(11)15)14(3)20(17,18)10(2)13(16)19-4/h5-10,15H,1-4H3. The molecule has 0 amide bonds. The van der Waals surface area contributed by atoms with Gasteiger partial charge in [-0.3, -0.25) is 4.79 Å². The van der Waals surface area contributed by atoms with Crippen LogP contribution in [0.2, 0.25) is 0 Å². The van der Waals surface area contributed by atoms with Crippen LogP contribution >= 0.6 is 0 Å². The number of para-hydroxylation sites is 1. The summed E-state index contributed by atoms with van der Waals surface area (Å²) in [6, 6.07) is 5.87. The van der Waals surface area contributed by atoms with Gasteiger partial charge in [0.25, 0.3) is 0 Å². The molecule has 1 aromatic carbocycles. The predicted molar refractivity (Wildman–Crippen MR) is 74.7 cm³/mol. The number of carbonyl (C=O) groups is 1. The summed E-state index contributed by atoms with van der Waals surface area (Å²) in [5, 5.41) is 8.48. The maximum atomic E-state index is 12.3. The predicted octanol–water partition coefficient (Wildman–Crippen LogP) is 1.28. The Kier molecular flexibility index (Phi) is 5.13. The number of methoxy groups -OCH3 is 1. The zero-order valence-electron chi connectivity index (χ0n) is 11.9. The molecule has 0 saturated carbocycles. The number of sulfonamides is 1. The van der Waals surface area contributed by atoms with Gasteiger partial charge < -0.3 is 9.84 Å². The van der Waals surface area contributed by atoms with Crippen LogP contribution in [0.25, 0.3) is 0 Å². The quantitative estimate of drug-likeness (QED) is 0.828. The maximum absolute atomic E-state index is 12.3. The molecule has 0 radical (unpaired) electrons. The van der Waals surface area contributed by atoms with Crippen LogP contribution in [-0.2, 0) is 19.6 Å². The fourth-order valence-corrected chi connectivity index (χ4v) is 3.19. The summed E-state index contributed by atoms with van der Waals surface area (Å²) >= 11 is 0. The lowest BCUT2D eigenvalue weighted by Gasteiger charge is -2.27. The summed E-state index contributed by atoms with van der Waals surface area (Å²) < 4.78 is 30.1. The molecule has 0 heterocycles. The Morgan fingerprint density at radius 3 is 2.35 bits per heavy atom. The minimum absolute atomic E-state index is 0.00720. The molecule has 7 heteroatoms. The highest BCUT2D eigenvalue weighted by Crippen LogP contribution is 2.29. The van der Waals surface area contributed by atoms with Gasteiger partial charge in [0.15, 0.2) is 5.25 Å². The number of aromatic hydroxyl groups is 1. The van der Waals surface area contributed by atoms with E-state index in [2.05, 4.69) is 4.74 Å². The number of hydrogen-bond donors (Lipinski definition) is 1. The SMILES string of the molecule is COC(=O)C(C)S(=O)(=O)N(C)C(C)c1ccccc1O. The summed E-state index contributed by atoms with van der Waals surface area (Å²) in [4.78, 5) is 11.4. The second kappa shape index (κ2) is 6.23. The van der Waals surface area contributed by atoms with Crippen molar-refractivity contribution in [1.29, 1.82) is 0 Å². The lowest BCUT2D eigenvalue weighted by Crippen LogP contribution is -2.40. The Morgan fingerprint density at radius 1 is 1.30 bits per heavy atom. The molecule has 1 aromatic rings. The zero-order valence-corrected chi connectivity index (χ0v) is 12.7. The van der Waals surface area contributed by atoms with Crippen molar-refractivity contribution in [3.8, 4) is 5.75 Å². The first-order valence-electron chi connectivity index (χ1n) is 6.06. The Balaban J connectivity index is 3.08. The Hall–Kier alpha value is -1.60. The molecule has 2 atom stereocenters.